The molecule has 0 amide bonds. The van der Waals surface area contributed by atoms with Gasteiger partial charge in [-0.15, -0.1) is 0 Å². The third kappa shape index (κ3) is 4.18. The topological polar surface area (TPSA) is 49.3 Å². The lowest BCUT2D eigenvalue weighted by atomic mass is 9.79. The van der Waals surface area contributed by atoms with Gasteiger partial charge in [0.25, 0.3) is 0 Å². The number of carboxylic acid groups (broad SMARTS) is 1. The maximum Gasteiger partial charge on any atom is 0.306 e. The molecule has 0 bridgehead atoms. The Hall–Kier alpha value is -1.13. The normalized spacial score (nSPS) is 22.7. The smallest absolute Gasteiger partial charge is 0.306 e. The maximum absolute atomic E-state index is 13.2. The number of carboxylic acids is 1. The van der Waals surface area contributed by atoms with Crippen LogP contribution in [0, 0.1) is 17.7 Å². The van der Waals surface area contributed by atoms with E-state index in [9.17, 15) is 14.3 Å². The van der Waals surface area contributed by atoms with Crippen LogP contribution >= 0.6 is 11.6 Å². The summed E-state index contributed by atoms with van der Waals surface area (Å²) in [6, 6.07) is 4.42. The van der Waals surface area contributed by atoms with E-state index in [1.54, 1.807) is 6.07 Å². The van der Waals surface area contributed by atoms with Crippen LogP contribution in [0.15, 0.2) is 18.2 Å². The van der Waals surface area contributed by atoms with Crippen LogP contribution in [0.3, 0.4) is 0 Å². The molecule has 0 spiro atoms. The molecule has 0 aromatic heterocycles. The van der Waals surface area contributed by atoms with Crippen molar-refractivity contribution in [1.82, 2.24) is 5.32 Å². The monoisotopic (exact) mass is 299 g/mol. The fourth-order valence-electron chi connectivity index (χ4n) is 2.89. The van der Waals surface area contributed by atoms with Gasteiger partial charge < -0.3 is 10.4 Å². The summed E-state index contributed by atoms with van der Waals surface area (Å²) in [7, 11) is 0. The lowest BCUT2D eigenvalue weighted by Crippen LogP contribution is -2.34. The number of benzene rings is 1. The van der Waals surface area contributed by atoms with E-state index in [0.29, 0.717) is 18.1 Å². The molecule has 2 rings (SSSR count). The molecular weight excluding hydrogens is 281 g/mol. The Balaban J connectivity index is 1.86. The first kappa shape index (κ1) is 15.3. The molecule has 0 radical (unpaired) electrons. The summed E-state index contributed by atoms with van der Waals surface area (Å²) in [4.78, 5) is 11.2. The van der Waals surface area contributed by atoms with Crippen molar-refractivity contribution < 1.29 is 14.3 Å². The van der Waals surface area contributed by atoms with Crippen molar-refractivity contribution in [2.75, 3.05) is 6.54 Å². The minimum absolute atomic E-state index is 0.158. The molecule has 3 nitrogen and oxygen atoms in total. The van der Waals surface area contributed by atoms with E-state index in [1.165, 1.54) is 12.1 Å². The van der Waals surface area contributed by atoms with Crippen LogP contribution in [-0.4, -0.2) is 17.6 Å². The van der Waals surface area contributed by atoms with E-state index in [2.05, 4.69) is 5.32 Å². The Morgan fingerprint density at radius 1 is 1.35 bits per heavy atom. The van der Waals surface area contributed by atoms with Gasteiger partial charge in [0.05, 0.1) is 5.92 Å². The lowest BCUT2D eigenvalue weighted by Gasteiger charge is -2.28. The van der Waals surface area contributed by atoms with E-state index in [-0.39, 0.29) is 17.7 Å². The molecule has 0 heterocycles. The highest BCUT2D eigenvalue weighted by molar-refractivity contribution is 6.30. The fraction of sp³-hybridized carbons (Fsp3) is 0.533. The van der Waals surface area contributed by atoms with Crippen molar-refractivity contribution in [2.45, 2.75) is 32.2 Å². The predicted octanol–water partition coefficient (Wildman–Crippen LogP) is 3.46. The van der Waals surface area contributed by atoms with E-state index in [1.807, 2.05) is 0 Å². The van der Waals surface area contributed by atoms with Crippen LogP contribution in [0.4, 0.5) is 4.39 Å². The molecule has 2 N–H and O–H groups in total. The molecule has 1 aliphatic carbocycles. The van der Waals surface area contributed by atoms with Crippen molar-refractivity contribution in [3.05, 3.63) is 34.6 Å². The van der Waals surface area contributed by atoms with Crippen LogP contribution in [-0.2, 0) is 11.3 Å². The Morgan fingerprint density at radius 2 is 2.10 bits per heavy atom. The minimum Gasteiger partial charge on any atom is -0.481 e. The van der Waals surface area contributed by atoms with Crippen molar-refractivity contribution in [3.8, 4) is 0 Å². The third-order valence-corrected chi connectivity index (χ3v) is 4.10. The van der Waals surface area contributed by atoms with Gasteiger partial charge in [0.15, 0.2) is 0 Å². The SMILES string of the molecule is O=C(O)C1CCCCC1CNCc1cc(F)cc(Cl)c1. The van der Waals surface area contributed by atoms with Gasteiger partial charge >= 0.3 is 5.97 Å². The van der Waals surface area contributed by atoms with Crippen LogP contribution in [0.1, 0.15) is 31.2 Å². The highest BCUT2D eigenvalue weighted by Gasteiger charge is 2.30. The number of carbonyl (C=O) groups is 1. The Kier molecular flexibility index (Phi) is 5.38. The van der Waals surface area contributed by atoms with Crippen molar-refractivity contribution in [3.63, 3.8) is 0 Å². The number of nitrogens with one attached hydrogen (secondary N) is 1. The molecule has 20 heavy (non-hydrogen) atoms. The van der Waals surface area contributed by atoms with Gasteiger partial charge in [-0.3, -0.25) is 4.79 Å². The quantitative estimate of drug-likeness (QED) is 0.875. The number of hydrogen-bond acceptors (Lipinski definition) is 2. The molecule has 0 aliphatic heterocycles. The molecule has 1 saturated carbocycles. The van der Waals surface area contributed by atoms with Crippen LogP contribution < -0.4 is 5.32 Å². The van der Waals surface area contributed by atoms with Gasteiger partial charge in [0.2, 0.25) is 0 Å². The van der Waals surface area contributed by atoms with Gasteiger partial charge in [-0.1, -0.05) is 24.4 Å². The second-order valence-corrected chi connectivity index (χ2v) is 5.83. The van der Waals surface area contributed by atoms with Gasteiger partial charge in [-0.05, 0) is 49.1 Å². The molecule has 1 aromatic carbocycles. The van der Waals surface area contributed by atoms with Crippen LogP contribution in [0.2, 0.25) is 5.02 Å². The van der Waals surface area contributed by atoms with Crippen LogP contribution in [0.25, 0.3) is 0 Å². The summed E-state index contributed by atoms with van der Waals surface area (Å²) in [5.41, 5.74) is 0.776. The second-order valence-electron chi connectivity index (χ2n) is 5.40. The second kappa shape index (κ2) is 7.04. The molecule has 110 valence electrons. The van der Waals surface area contributed by atoms with Crippen LogP contribution in [0.5, 0.6) is 0 Å². The first-order valence-corrected chi connectivity index (χ1v) is 7.32. The summed E-state index contributed by atoms with van der Waals surface area (Å²) in [6.45, 7) is 1.14. The summed E-state index contributed by atoms with van der Waals surface area (Å²) < 4.78 is 13.2. The zero-order valence-corrected chi connectivity index (χ0v) is 12.0. The molecule has 1 aliphatic rings. The molecule has 0 saturated heterocycles. The molecule has 2 unspecified atom stereocenters. The van der Waals surface area contributed by atoms with E-state index in [4.69, 9.17) is 11.6 Å². The first-order valence-electron chi connectivity index (χ1n) is 6.95. The highest BCUT2D eigenvalue weighted by atomic mass is 35.5. The Labute approximate surface area is 123 Å². The largest absolute Gasteiger partial charge is 0.481 e. The zero-order valence-electron chi connectivity index (χ0n) is 11.2. The van der Waals surface area contributed by atoms with E-state index in [0.717, 1.165) is 31.2 Å². The van der Waals surface area contributed by atoms with Crippen molar-refractivity contribution in [1.29, 1.82) is 0 Å². The molecule has 2 atom stereocenters. The number of hydrogen-bond donors (Lipinski definition) is 2. The average Bonchev–Trinajstić information content (AvgIpc) is 2.38. The molecule has 1 fully saturated rings. The van der Waals surface area contributed by atoms with Gasteiger partial charge in [-0.25, -0.2) is 4.39 Å². The standard InChI is InChI=1S/C15H19ClFNO2/c16-12-5-10(6-13(17)7-12)8-18-9-11-3-1-2-4-14(11)15(19)20/h5-7,11,14,18H,1-4,8-9H2,(H,19,20). The molecule has 5 heteroatoms. The van der Waals surface area contributed by atoms with E-state index >= 15 is 0 Å². The number of rotatable bonds is 5. The number of halogens is 2. The zero-order chi connectivity index (χ0) is 14.5. The third-order valence-electron chi connectivity index (χ3n) is 3.88. The van der Waals surface area contributed by atoms with E-state index < -0.39 is 5.97 Å². The number of aliphatic carboxylic acids is 1. The lowest BCUT2D eigenvalue weighted by molar-refractivity contribution is -0.144. The maximum atomic E-state index is 13.2. The molecule has 1 aromatic rings. The van der Waals surface area contributed by atoms with Crippen molar-refractivity contribution >= 4 is 17.6 Å². The predicted molar refractivity (Wildman–Crippen MR) is 76.2 cm³/mol. The highest BCUT2D eigenvalue weighted by Crippen LogP contribution is 2.29. The van der Waals surface area contributed by atoms with Gasteiger partial charge in [-0.2, -0.15) is 0 Å². The van der Waals surface area contributed by atoms with Crippen molar-refractivity contribution in [2.24, 2.45) is 11.8 Å². The molecular formula is C15H19ClFNO2. The summed E-state index contributed by atoms with van der Waals surface area (Å²) >= 11 is 5.80. The summed E-state index contributed by atoms with van der Waals surface area (Å²) in [5.74, 6) is -1.15. The summed E-state index contributed by atoms with van der Waals surface area (Å²) in [6.07, 6.45) is 3.77. The Bertz CT molecular complexity index is 461. The minimum atomic E-state index is -0.703. The van der Waals surface area contributed by atoms with Gasteiger partial charge in [0, 0.05) is 11.6 Å². The fourth-order valence-corrected chi connectivity index (χ4v) is 3.14. The Morgan fingerprint density at radius 3 is 2.80 bits per heavy atom. The van der Waals surface area contributed by atoms with Gasteiger partial charge in [0.1, 0.15) is 5.82 Å². The average molecular weight is 300 g/mol. The summed E-state index contributed by atoms with van der Waals surface area (Å²) in [5, 5.41) is 12.8. The first-order chi connectivity index (χ1) is 9.56.